The Morgan fingerprint density at radius 2 is 1.72 bits per heavy atom. The number of benzene rings is 3. The minimum absolute atomic E-state index is 0.0108. The Balaban J connectivity index is 0.000000445. The van der Waals surface area contributed by atoms with Gasteiger partial charge in [-0.2, -0.15) is 0 Å². The van der Waals surface area contributed by atoms with Crippen LogP contribution in [0.25, 0.3) is 22.0 Å². The number of nitrogens with zero attached hydrogens (tertiary/aromatic N) is 2. The van der Waals surface area contributed by atoms with Crippen molar-refractivity contribution in [3.8, 4) is 11.1 Å². The van der Waals surface area contributed by atoms with Crippen LogP contribution in [0.5, 0.6) is 0 Å². The van der Waals surface area contributed by atoms with Crippen molar-refractivity contribution >= 4 is 33.5 Å². The zero-order valence-electron chi connectivity index (χ0n) is 19.4. The highest BCUT2D eigenvalue weighted by atomic mass is 32.2. The molecule has 4 aromatic rings. The molecule has 1 aromatic heterocycles. The second-order valence-corrected chi connectivity index (χ2v) is 9.48. The summed E-state index contributed by atoms with van der Waals surface area (Å²) in [6.07, 6.45) is 5.65. The van der Waals surface area contributed by atoms with Crippen LogP contribution in [0.3, 0.4) is 0 Å². The summed E-state index contributed by atoms with van der Waals surface area (Å²) >= 11 is 0. The highest BCUT2D eigenvalue weighted by Gasteiger charge is 2.21. The van der Waals surface area contributed by atoms with Gasteiger partial charge in [-0.25, -0.2) is 27.3 Å². The van der Waals surface area contributed by atoms with E-state index in [1.807, 2.05) is 0 Å². The number of halogens is 3. The van der Waals surface area contributed by atoms with Crippen LogP contribution in [-0.2, 0) is 16.7 Å². The Morgan fingerprint density at radius 1 is 0.972 bits per heavy atom. The lowest BCUT2D eigenvalue weighted by molar-refractivity contribution is 0.503. The summed E-state index contributed by atoms with van der Waals surface area (Å²) in [7, 11) is -1.85. The molecule has 1 saturated heterocycles. The van der Waals surface area contributed by atoms with E-state index >= 15 is 0 Å². The normalized spacial score (nSPS) is 14.1. The maximum atomic E-state index is 14.7. The summed E-state index contributed by atoms with van der Waals surface area (Å²) in [6.45, 7) is 2.50. The molecule has 1 fully saturated rings. The smallest absolute Gasteiger partial charge is 0.220 e. The zero-order valence-corrected chi connectivity index (χ0v) is 20.3. The van der Waals surface area contributed by atoms with Crippen LogP contribution in [0.2, 0.25) is 0 Å². The molecular weight excluding hydrogens is 487 g/mol. The molecule has 5 rings (SSSR count). The zero-order chi connectivity index (χ0) is 25.5. The van der Waals surface area contributed by atoms with Gasteiger partial charge in [0.2, 0.25) is 5.95 Å². The van der Waals surface area contributed by atoms with Crippen molar-refractivity contribution in [3.05, 3.63) is 83.8 Å². The van der Waals surface area contributed by atoms with Crippen LogP contribution in [-0.4, -0.2) is 27.3 Å². The van der Waals surface area contributed by atoms with Gasteiger partial charge in [0.05, 0.1) is 11.3 Å². The van der Waals surface area contributed by atoms with Crippen LogP contribution in [0.15, 0.2) is 60.8 Å². The highest BCUT2D eigenvalue weighted by Crippen LogP contribution is 2.33. The molecule has 1 aliphatic heterocycles. The average Bonchev–Trinajstić information content (AvgIpc) is 2.90. The van der Waals surface area contributed by atoms with Gasteiger partial charge < -0.3 is 11.1 Å². The molecule has 10 heteroatoms. The third-order valence-corrected chi connectivity index (χ3v) is 6.66. The summed E-state index contributed by atoms with van der Waals surface area (Å²) in [5, 5.41) is 3.82. The van der Waals surface area contributed by atoms with Crippen molar-refractivity contribution in [1.82, 2.24) is 15.3 Å². The lowest BCUT2D eigenvalue weighted by Crippen LogP contribution is -2.21. The van der Waals surface area contributed by atoms with Gasteiger partial charge in [-0.3, -0.25) is 4.72 Å². The Bertz CT molecular complexity index is 1360. The van der Waals surface area contributed by atoms with Crippen LogP contribution >= 0.6 is 0 Å². The molecule has 2 heterocycles. The first-order valence-electron chi connectivity index (χ1n) is 11.5. The topological polar surface area (TPSA) is 92.9 Å². The molecule has 4 N–H and O–H groups in total. The van der Waals surface area contributed by atoms with E-state index in [2.05, 4.69) is 20.0 Å². The van der Waals surface area contributed by atoms with Gasteiger partial charge in [-0.05, 0) is 55.3 Å². The van der Waals surface area contributed by atoms with E-state index in [1.165, 1.54) is 50.7 Å². The molecule has 0 radical (unpaired) electrons. The van der Waals surface area contributed by atoms with Gasteiger partial charge in [0.25, 0.3) is 0 Å². The van der Waals surface area contributed by atoms with Crippen molar-refractivity contribution < 1.29 is 17.4 Å². The number of anilines is 2. The van der Waals surface area contributed by atoms with Gasteiger partial charge in [-0.1, -0.05) is 42.8 Å². The summed E-state index contributed by atoms with van der Waals surface area (Å²) in [5.74, 6) is -3.67. The number of hydrogen-bond donors (Lipinski definition) is 3. The minimum atomic E-state index is -1.85. The lowest BCUT2D eigenvalue weighted by atomic mass is 10.0. The number of aromatic nitrogens is 2. The van der Waals surface area contributed by atoms with Crippen molar-refractivity contribution in [1.29, 1.82) is 0 Å². The van der Waals surface area contributed by atoms with Crippen molar-refractivity contribution in [2.75, 3.05) is 23.5 Å². The number of fused-ring (bicyclic) bond motifs is 1. The second-order valence-electron chi connectivity index (χ2n) is 8.30. The number of rotatable bonds is 5. The Labute approximate surface area is 209 Å². The molecule has 188 valence electrons. The van der Waals surface area contributed by atoms with Crippen molar-refractivity contribution in [3.63, 3.8) is 0 Å². The molecule has 1 atom stereocenters. The predicted molar refractivity (Wildman–Crippen MR) is 138 cm³/mol. The summed E-state index contributed by atoms with van der Waals surface area (Å²) in [4.78, 5) is 7.89. The maximum Gasteiger partial charge on any atom is 0.220 e. The number of piperidine rings is 1. The molecule has 1 aliphatic rings. The molecule has 0 spiro atoms. The Hall–Kier alpha value is -3.50. The van der Waals surface area contributed by atoms with Crippen LogP contribution in [0.4, 0.5) is 24.8 Å². The van der Waals surface area contributed by atoms with Crippen molar-refractivity contribution in [2.24, 2.45) is 0 Å². The first-order valence-corrected chi connectivity index (χ1v) is 12.8. The van der Waals surface area contributed by atoms with Crippen LogP contribution in [0, 0.1) is 17.5 Å². The van der Waals surface area contributed by atoms with Crippen LogP contribution < -0.4 is 15.8 Å². The quantitative estimate of drug-likeness (QED) is 0.314. The van der Waals surface area contributed by atoms with Crippen molar-refractivity contribution in [2.45, 2.75) is 25.0 Å². The number of nitrogen functional groups attached to an aromatic ring is 1. The van der Waals surface area contributed by atoms with E-state index in [1.54, 1.807) is 36.4 Å². The van der Waals surface area contributed by atoms with Gasteiger partial charge >= 0.3 is 0 Å². The maximum absolute atomic E-state index is 14.7. The van der Waals surface area contributed by atoms with E-state index in [4.69, 9.17) is 5.73 Å². The fraction of sp³-hybridized carbons (Fsp3) is 0.231. The monoisotopic (exact) mass is 513 g/mol. The van der Waals surface area contributed by atoms with E-state index < -0.39 is 34.1 Å². The molecule has 0 aliphatic carbocycles. The molecule has 6 nitrogen and oxygen atoms in total. The molecule has 0 bridgehead atoms. The SMILES string of the molecule is C1CCNCC1.Nc1ncc2cc(-c3cc(F)c(NS(=O)Cc4ccccc4)c(F)c3F)ccc2n1. The minimum Gasteiger partial charge on any atom is -0.368 e. The first-order chi connectivity index (χ1) is 17.4. The van der Waals surface area contributed by atoms with E-state index in [0.717, 1.165) is 6.07 Å². The van der Waals surface area contributed by atoms with Gasteiger partial charge in [-0.15, -0.1) is 0 Å². The van der Waals surface area contributed by atoms with Crippen LogP contribution in [0.1, 0.15) is 24.8 Å². The number of hydrogen-bond acceptors (Lipinski definition) is 5. The Kier molecular flexibility index (Phi) is 8.50. The third kappa shape index (κ3) is 6.38. The summed E-state index contributed by atoms with van der Waals surface area (Å²) in [6, 6.07) is 14.2. The number of nitrogens with two attached hydrogens (primary N) is 1. The molecule has 1 unspecified atom stereocenters. The Morgan fingerprint density at radius 3 is 2.39 bits per heavy atom. The van der Waals surface area contributed by atoms with Gasteiger partial charge in [0, 0.05) is 17.1 Å². The molecule has 0 amide bonds. The molecule has 36 heavy (non-hydrogen) atoms. The van der Waals surface area contributed by atoms with E-state index in [9.17, 15) is 17.4 Å². The fourth-order valence-electron chi connectivity index (χ4n) is 3.79. The predicted octanol–water partition coefficient (Wildman–Crippen LogP) is 5.33. The van der Waals surface area contributed by atoms with Gasteiger partial charge in [0.1, 0.15) is 16.7 Å². The highest BCUT2D eigenvalue weighted by molar-refractivity contribution is 7.85. The largest absolute Gasteiger partial charge is 0.368 e. The molecule has 3 aromatic carbocycles. The third-order valence-electron chi connectivity index (χ3n) is 5.63. The molecule has 0 saturated carbocycles. The van der Waals surface area contributed by atoms with E-state index in [-0.39, 0.29) is 22.8 Å². The number of nitrogens with one attached hydrogen (secondary N) is 2. The summed E-state index contributed by atoms with van der Waals surface area (Å²) in [5.41, 5.74) is 5.94. The fourth-order valence-corrected chi connectivity index (χ4v) is 4.77. The molecular formula is C26H26F3N5OS. The first kappa shape index (κ1) is 25.6. The van der Waals surface area contributed by atoms with Gasteiger partial charge in [0.15, 0.2) is 17.5 Å². The average molecular weight is 514 g/mol. The van der Waals surface area contributed by atoms with E-state index in [0.29, 0.717) is 16.5 Å². The second kappa shape index (κ2) is 12.0. The summed E-state index contributed by atoms with van der Waals surface area (Å²) < 4.78 is 58.4. The lowest BCUT2D eigenvalue weighted by Gasteiger charge is -2.12. The standard InChI is InChI=1S/C21H15F3N4OS.C5H11N/c22-16-9-15(13-6-7-17-14(8-13)10-26-21(25)27-17)18(23)19(24)20(16)28-30(29)11-12-4-2-1-3-5-12;1-2-4-6-5-3-1/h1-10,28H,11H2,(H2,25,26,27);6H,1-5H2.